The molecule has 5 heteroatoms. The van der Waals surface area contributed by atoms with E-state index in [0.29, 0.717) is 17.1 Å². The Morgan fingerprint density at radius 2 is 1.72 bits per heavy atom. The molecular formula is C24H20N2O3. The van der Waals surface area contributed by atoms with E-state index in [9.17, 15) is 4.79 Å². The standard InChI is InChI=1S/C24H20N2O3/c1-2-28-24(27)21-15-26-23(14-22(21)25)20-13-18(29-17-9-4-3-5-10-17)12-16-8-6-7-11-19(16)20/h3-15H,2H2,1H3,(H2,25,26). The summed E-state index contributed by atoms with van der Waals surface area (Å²) < 4.78 is 11.1. The summed E-state index contributed by atoms with van der Waals surface area (Å²) in [6.45, 7) is 2.03. The highest BCUT2D eigenvalue weighted by Crippen LogP contribution is 2.35. The summed E-state index contributed by atoms with van der Waals surface area (Å²) in [7, 11) is 0. The largest absolute Gasteiger partial charge is 0.462 e. The SMILES string of the molecule is CCOC(=O)c1cnc(-c2cc(Oc3ccccc3)cc3ccccc23)cc1N. The van der Waals surface area contributed by atoms with Gasteiger partial charge in [0.2, 0.25) is 0 Å². The number of anilines is 1. The molecule has 0 saturated heterocycles. The van der Waals surface area contributed by atoms with Crippen molar-refractivity contribution < 1.29 is 14.3 Å². The molecule has 0 radical (unpaired) electrons. The number of nitrogen functional groups attached to an aromatic ring is 1. The molecule has 0 aliphatic heterocycles. The summed E-state index contributed by atoms with van der Waals surface area (Å²) in [6, 6.07) is 23.2. The van der Waals surface area contributed by atoms with Gasteiger partial charge in [-0.05, 0) is 48.0 Å². The van der Waals surface area contributed by atoms with Crippen molar-refractivity contribution in [3.63, 3.8) is 0 Å². The number of aromatic nitrogens is 1. The highest BCUT2D eigenvalue weighted by atomic mass is 16.5. The average molecular weight is 384 g/mol. The maximum absolute atomic E-state index is 12.0. The number of para-hydroxylation sites is 1. The lowest BCUT2D eigenvalue weighted by molar-refractivity contribution is 0.0527. The van der Waals surface area contributed by atoms with Crippen LogP contribution in [0.2, 0.25) is 0 Å². The van der Waals surface area contributed by atoms with Crippen molar-refractivity contribution in [1.29, 1.82) is 0 Å². The minimum Gasteiger partial charge on any atom is -0.462 e. The number of hydrogen-bond donors (Lipinski definition) is 1. The average Bonchev–Trinajstić information content (AvgIpc) is 2.74. The van der Waals surface area contributed by atoms with Crippen molar-refractivity contribution in [2.24, 2.45) is 0 Å². The van der Waals surface area contributed by atoms with Crippen LogP contribution in [0.5, 0.6) is 11.5 Å². The molecular weight excluding hydrogens is 364 g/mol. The summed E-state index contributed by atoms with van der Waals surface area (Å²) in [5.74, 6) is 0.966. The Morgan fingerprint density at radius 3 is 2.48 bits per heavy atom. The molecule has 0 aliphatic rings. The van der Waals surface area contributed by atoms with E-state index in [2.05, 4.69) is 4.98 Å². The lowest BCUT2D eigenvalue weighted by Crippen LogP contribution is -2.08. The van der Waals surface area contributed by atoms with Crippen LogP contribution in [0.3, 0.4) is 0 Å². The van der Waals surface area contributed by atoms with Gasteiger partial charge in [0.05, 0.1) is 12.3 Å². The van der Waals surface area contributed by atoms with E-state index in [1.165, 1.54) is 6.20 Å². The van der Waals surface area contributed by atoms with Crippen LogP contribution in [0.25, 0.3) is 22.0 Å². The van der Waals surface area contributed by atoms with Gasteiger partial charge in [-0.1, -0.05) is 42.5 Å². The summed E-state index contributed by atoms with van der Waals surface area (Å²) in [6.07, 6.45) is 1.46. The van der Waals surface area contributed by atoms with Crippen molar-refractivity contribution in [3.8, 4) is 22.8 Å². The number of esters is 1. The first-order chi connectivity index (χ1) is 14.2. The van der Waals surface area contributed by atoms with Crippen LogP contribution in [0, 0.1) is 0 Å². The van der Waals surface area contributed by atoms with Crippen LogP contribution in [-0.4, -0.2) is 17.6 Å². The fourth-order valence-electron chi connectivity index (χ4n) is 3.18. The molecule has 2 N–H and O–H groups in total. The molecule has 0 fully saturated rings. The fraction of sp³-hybridized carbons (Fsp3) is 0.0833. The monoisotopic (exact) mass is 384 g/mol. The van der Waals surface area contributed by atoms with Gasteiger partial charge >= 0.3 is 5.97 Å². The van der Waals surface area contributed by atoms with Crippen LogP contribution < -0.4 is 10.5 Å². The van der Waals surface area contributed by atoms with E-state index in [-0.39, 0.29) is 12.2 Å². The van der Waals surface area contributed by atoms with E-state index in [4.69, 9.17) is 15.2 Å². The Bertz CT molecular complexity index is 1170. The molecule has 3 aromatic carbocycles. The predicted octanol–water partition coefficient (Wildman–Crippen LogP) is 5.45. The number of rotatable bonds is 5. The molecule has 0 spiro atoms. The smallest absolute Gasteiger partial charge is 0.341 e. The molecule has 1 heterocycles. The van der Waals surface area contributed by atoms with Crippen molar-refractivity contribution in [1.82, 2.24) is 4.98 Å². The zero-order chi connectivity index (χ0) is 20.2. The first-order valence-electron chi connectivity index (χ1n) is 9.34. The third-order valence-electron chi connectivity index (χ3n) is 4.52. The van der Waals surface area contributed by atoms with Gasteiger partial charge in [0, 0.05) is 17.4 Å². The molecule has 0 atom stereocenters. The quantitative estimate of drug-likeness (QED) is 0.463. The van der Waals surface area contributed by atoms with Crippen molar-refractivity contribution >= 4 is 22.4 Å². The van der Waals surface area contributed by atoms with E-state index < -0.39 is 5.97 Å². The van der Waals surface area contributed by atoms with Crippen molar-refractivity contribution in [2.75, 3.05) is 12.3 Å². The van der Waals surface area contributed by atoms with Gasteiger partial charge in [-0.3, -0.25) is 4.98 Å². The summed E-state index contributed by atoms with van der Waals surface area (Å²) in [4.78, 5) is 16.5. The van der Waals surface area contributed by atoms with Crippen molar-refractivity contribution in [2.45, 2.75) is 6.92 Å². The van der Waals surface area contributed by atoms with Crippen LogP contribution in [-0.2, 0) is 4.74 Å². The molecule has 5 nitrogen and oxygen atoms in total. The molecule has 0 bridgehead atoms. The first-order valence-corrected chi connectivity index (χ1v) is 9.34. The lowest BCUT2D eigenvalue weighted by atomic mass is 10.0. The zero-order valence-electron chi connectivity index (χ0n) is 16.0. The number of benzene rings is 3. The molecule has 29 heavy (non-hydrogen) atoms. The Morgan fingerprint density at radius 1 is 0.966 bits per heavy atom. The third kappa shape index (κ3) is 3.89. The Balaban J connectivity index is 1.80. The van der Waals surface area contributed by atoms with Gasteiger partial charge < -0.3 is 15.2 Å². The second kappa shape index (κ2) is 8.02. The van der Waals surface area contributed by atoms with Crippen molar-refractivity contribution in [3.05, 3.63) is 84.6 Å². The maximum atomic E-state index is 12.0. The Hall–Kier alpha value is -3.86. The lowest BCUT2D eigenvalue weighted by Gasteiger charge is -2.13. The number of fused-ring (bicyclic) bond motifs is 1. The number of carbonyl (C=O) groups is 1. The van der Waals surface area contributed by atoms with Crippen LogP contribution in [0.1, 0.15) is 17.3 Å². The van der Waals surface area contributed by atoms with Gasteiger partial charge in [-0.25, -0.2) is 4.79 Å². The minimum absolute atomic E-state index is 0.261. The highest BCUT2D eigenvalue weighted by molar-refractivity contribution is 5.99. The Labute approximate surface area is 168 Å². The summed E-state index contributed by atoms with van der Waals surface area (Å²) in [5.41, 5.74) is 8.24. The number of nitrogens with zero attached hydrogens (tertiary/aromatic N) is 1. The van der Waals surface area contributed by atoms with Crippen LogP contribution in [0.15, 0.2) is 79.0 Å². The number of hydrogen-bond acceptors (Lipinski definition) is 5. The zero-order valence-corrected chi connectivity index (χ0v) is 16.0. The summed E-state index contributed by atoms with van der Waals surface area (Å²) >= 11 is 0. The molecule has 0 amide bonds. The third-order valence-corrected chi connectivity index (χ3v) is 4.52. The molecule has 1 aromatic heterocycles. The first kappa shape index (κ1) is 18.5. The predicted molar refractivity (Wildman–Crippen MR) is 114 cm³/mol. The topological polar surface area (TPSA) is 74.4 Å². The van der Waals surface area contributed by atoms with Crippen LogP contribution >= 0.6 is 0 Å². The van der Waals surface area contributed by atoms with Gasteiger partial charge in [0.1, 0.15) is 17.1 Å². The van der Waals surface area contributed by atoms with Gasteiger partial charge in [0.25, 0.3) is 0 Å². The molecule has 144 valence electrons. The number of nitrogens with two attached hydrogens (primary N) is 1. The molecule has 4 rings (SSSR count). The maximum Gasteiger partial charge on any atom is 0.341 e. The second-order valence-corrected chi connectivity index (χ2v) is 6.48. The molecule has 4 aromatic rings. The number of ether oxygens (including phenoxy) is 2. The normalized spacial score (nSPS) is 10.7. The second-order valence-electron chi connectivity index (χ2n) is 6.48. The van der Waals surface area contributed by atoms with E-state index in [0.717, 1.165) is 22.1 Å². The molecule has 0 saturated carbocycles. The fourth-order valence-corrected chi connectivity index (χ4v) is 3.18. The van der Waals surface area contributed by atoms with E-state index in [1.54, 1.807) is 13.0 Å². The van der Waals surface area contributed by atoms with Crippen LogP contribution in [0.4, 0.5) is 5.69 Å². The molecule has 0 unspecified atom stereocenters. The van der Waals surface area contributed by atoms with Gasteiger partial charge in [-0.2, -0.15) is 0 Å². The Kier molecular flexibility index (Phi) is 5.12. The van der Waals surface area contributed by atoms with E-state index in [1.807, 2.05) is 66.7 Å². The van der Waals surface area contributed by atoms with Gasteiger partial charge in [0.15, 0.2) is 0 Å². The van der Waals surface area contributed by atoms with Gasteiger partial charge in [-0.15, -0.1) is 0 Å². The minimum atomic E-state index is -0.477. The number of pyridine rings is 1. The number of carbonyl (C=O) groups excluding carboxylic acids is 1. The van der Waals surface area contributed by atoms with E-state index >= 15 is 0 Å². The molecule has 0 aliphatic carbocycles. The summed E-state index contributed by atoms with van der Waals surface area (Å²) in [5, 5.41) is 2.04. The highest BCUT2D eigenvalue weighted by Gasteiger charge is 2.15.